The summed E-state index contributed by atoms with van der Waals surface area (Å²) in [5, 5.41) is 3.32. The first-order chi connectivity index (χ1) is 14.7. The van der Waals surface area contributed by atoms with Gasteiger partial charge in [0.25, 0.3) is 0 Å². The summed E-state index contributed by atoms with van der Waals surface area (Å²) < 4.78 is 28.5. The van der Waals surface area contributed by atoms with Gasteiger partial charge in [0, 0.05) is 17.3 Å². The largest absolute Gasteiger partial charge is 0.325 e. The van der Waals surface area contributed by atoms with Crippen molar-refractivity contribution >= 4 is 33.2 Å². The third-order valence-corrected chi connectivity index (χ3v) is 7.20. The second-order valence-electron chi connectivity index (χ2n) is 7.54. The van der Waals surface area contributed by atoms with E-state index in [4.69, 9.17) is 11.6 Å². The number of benzene rings is 3. The van der Waals surface area contributed by atoms with Crippen LogP contribution < -0.4 is 5.32 Å². The Kier molecular flexibility index (Phi) is 7.15. The van der Waals surface area contributed by atoms with Gasteiger partial charge in [-0.15, -0.1) is 0 Å². The SMILES string of the molecule is Cc1cc(C)c(S(=O)(=O)N(CC(=O)Nc2ccccc2)Cc2ccc(Cl)cc2)c(C)c1. The van der Waals surface area contributed by atoms with Crippen molar-refractivity contribution in [2.24, 2.45) is 0 Å². The van der Waals surface area contributed by atoms with Crippen LogP contribution in [-0.2, 0) is 21.4 Å². The van der Waals surface area contributed by atoms with Crippen LogP contribution in [0.1, 0.15) is 22.3 Å². The lowest BCUT2D eigenvalue weighted by atomic mass is 10.1. The molecule has 0 aliphatic rings. The number of carbonyl (C=O) groups is 1. The molecule has 3 aromatic carbocycles. The Morgan fingerprint density at radius 2 is 1.52 bits per heavy atom. The summed E-state index contributed by atoms with van der Waals surface area (Å²) in [6.45, 7) is 5.21. The normalized spacial score (nSPS) is 11.5. The minimum Gasteiger partial charge on any atom is -0.325 e. The first kappa shape index (κ1) is 23.0. The zero-order valence-electron chi connectivity index (χ0n) is 17.7. The number of nitrogens with one attached hydrogen (secondary N) is 1. The first-order valence-electron chi connectivity index (χ1n) is 9.84. The molecule has 0 atom stereocenters. The lowest BCUT2D eigenvalue weighted by Crippen LogP contribution is -2.38. The molecule has 0 radical (unpaired) electrons. The number of aryl methyl sites for hydroxylation is 3. The van der Waals surface area contributed by atoms with E-state index in [9.17, 15) is 13.2 Å². The van der Waals surface area contributed by atoms with E-state index in [1.165, 1.54) is 4.31 Å². The van der Waals surface area contributed by atoms with Gasteiger partial charge in [-0.2, -0.15) is 4.31 Å². The highest BCUT2D eigenvalue weighted by Gasteiger charge is 2.30. The molecule has 5 nitrogen and oxygen atoms in total. The zero-order chi connectivity index (χ0) is 22.6. The van der Waals surface area contributed by atoms with Crippen LogP contribution in [-0.4, -0.2) is 25.2 Å². The van der Waals surface area contributed by atoms with E-state index in [-0.39, 0.29) is 18.0 Å². The number of hydrogen-bond acceptors (Lipinski definition) is 3. The van der Waals surface area contributed by atoms with E-state index >= 15 is 0 Å². The van der Waals surface area contributed by atoms with Crippen LogP contribution in [0.25, 0.3) is 0 Å². The molecule has 0 aromatic heterocycles. The van der Waals surface area contributed by atoms with Crippen molar-refractivity contribution in [2.75, 3.05) is 11.9 Å². The summed E-state index contributed by atoms with van der Waals surface area (Å²) in [6.07, 6.45) is 0. The fourth-order valence-electron chi connectivity index (χ4n) is 3.60. The van der Waals surface area contributed by atoms with E-state index in [1.807, 2.05) is 25.1 Å². The highest BCUT2D eigenvalue weighted by molar-refractivity contribution is 7.89. The molecule has 0 saturated carbocycles. The van der Waals surface area contributed by atoms with Gasteiger partial charge in [0.15, 0.2) is 0 Å². The molecular weight excluding hydrogens is 432 g/mol. The Hall–Kier alpha value is -2.67. The van der Waals surface area contributed by atoms with Gasteiger partial charge < -0.3 is 5.32 Å². The summed E-state index contributed by atoms with van der Waals surface area (Å²) in [5.41, 5.74) is 3.64. The van der Waals surface area contributed by atoms with Crippen LogP contribution in [0.4, 0.5) is 5.69 Å². The standard InChI is InChI=1S/C24H25ClN2O3S/c1-17-13-18(2)24(19(3)14-17)31(29,30)27(15-20-9-11-21(25)12-10-20)16-23(28)26-22-7-5-4-6-8-22/h4-14H,15-16H2,1-3H3,(H,26,28). The lowest BCUT2D eigenvalue weighted by molar-refractivity contribution is -0.116. The highest BCUT2D eigenvalue weighted by Crippen LogP contribution is 2.27. The van der Waals surface area contributed by atoms with Gasteiger partial charge in [-0.25, -0.2) is 8.42 Å². The molecule has 0 aliphatic carbocycles. The zero-order valence-corrected chi connectivity index (χ0v) is 19.3. The second kappa shape index (κ2) is 9.64. The number of hydrogen-bond donors (Lipinski definition) is 1. The van der Waals surface area contributed by atoms with E-state index in [2.05, 4.69) is 5.32 Å². The molecule has 0 bridgehead atoms. The van der Waals surface area contributed by atoms with Crippen molar-refractivity contribution in [3.8, 4) is 0 Å². The average Bonchev–Trinajstić information content (AvgIpc) is 2.69. The molecule has 31 heavy (non-hydrogen) atoms. The summed E-state index contributed by atoms with van der Waals surface area (Å²) in [5.74, 6) is -0.411. The third-order valence-electron chi connectivity index (χ3n) is 4.85. The molecule has 0 heterocycles. The average molecular weight is 457 g/mol. The Balaban J connectivity index is 1.96. The number of halogens is 1. The van der Waals surface area contributed by atoms with Crippen molar-refractivity contribution in [3.05, 3.63) is 94.0 Å². The molecule has 0 aliphatic heterocycles. The highest BCUT2D eigenvalue weighted by atomic mass is 35.5. The van der Waals surface area contributed by atoms with Gasteiger partial charge in [0.1, 0.15) is 0 Å². The van der Waals surface area contributed by atoms with Crippen molar-refractivity contribution in [3.63, 3.8) is 0 Å². The number of sulfonamides is 1. The van der Waals surface area contributed by atoms with Crippen LogP contribution in [0.3, 0.4) is 0 Å². The van der Waals surface area contributed by atoms with E-state index in [0.717, 1.165) is 11.1 Å². The predicted octanol–water partition coefficient (Wildman–Crippen LogP) is 5.09. The molecule has 0 saturated heterocycles. The van der Waals surface area contributed by atoms with Gasteiger partial charge in [-0.3, -0.25) is 4.79 Å². The number of carbonyl (C=O) groups excluding carboxylic acids is 1. The molecule has 3 aromatic rings. The Labute approximate surface area is 188 Å². The Morgan fingerprint density at radius 1 is 0.935 bits per heavy atom. The monoisotopic (exact) mass is 456 g/mol. The number of nitrogens with zero attached hydrogens (tertiary/aromatic N) is 1. The van der Waals surface area contributed by atoms with Gasteiger partial charge in [-0.05, 0) is 61.7 Å². The smallest absolute Gasteiger partial charge is 0.244 e. The molecule has 0 unspecified atom stereocenters. The van der Waals surface area contributed by atoms with Crippen molar-refractivity contribution in [1.82, 2.24) is 4.31 Å². The summed E-state index contributed by atoms with van der Waals surface area (Å²) in [7, 11) is -3.94. The maximum atomic E-state index is 13.7. The first-order valence-corrected chi connectivity index (χ1v) is 11.7. The van der Waals surface area contributed by atoms with Crippen LogP contribution >= 0.6 is 11.6 Å². The van der Waals surface area contributed by atoms with Crippen LogP contribution in [0, 0.1) is 20.8 Å². The molecule has 0 fully saturated rings. The van der Waals surface area contributed by atoms with Gasteiger partial charge in [0.2, 0.25) is 15.9 Å². The van der Waals surface area contributed by atoms with Gasteiger partial charge in [0.05, 0.1) is 11.4 Å². The lowest BCUT2D eigenvalue weighted by Gasteiger charge is -2.24. The fourth-order valence-corrected chi connectivity index (χ4v) is 5.53. The van der Waals surface area contributed by atoms with Crippen molar-refractivity contribution < 1.29 is 13.2 Å². The molecule has 7 heteroatoms. The molecule has 162 valence electrons. The predicted molar refractivity (Wildman–Crippen MR) is 125 cm³/mol. The van der Waals surface area contributed by atoms with Gasteiger partial charge in [-0.1, -0.05) is 59.6 Å². The number of para-hydroxylation sites is 1. The molecule has 1 amide bonds. The fraction of sp³-hybridized carbons (Fsp3) is 0.208. The van der Waals surface area contributed by atoms with Crippen LogP contribution in [0.15, 0.2) is 71.6 Å². The number of rotatable bonds is 7. The quantitative estimate of drug-likeness (QED) is 0.538. The summed E-state index contributed by atoms with van der Waals surface area (Å²) >= 11 is 5.97. The second-order valence-corrected chi connectivity index (χ2v) is 9.85. The number of anilines is 1. The molecule has 1 N–H and O–H groups in total. The maximum absolute atomic E-state index is 13.7. The van der Waals surface area contributed by atoms with Crippen molar-refractivity contribution in [2.45, 2.75) is 32.2 Å². The van der Waals surface area contributed by atoms with E-state index < -0.39 is 15.9 Å². The van der Waals surface area contributed by atoms with Crippen LogP contribution in [0.2, 0.25) is 5.02 Å². The van der Waals surface area contributed by atoms with E-state index in [0.29, 0.717) is 21.8 Å². The molecule has 0 spiro atoms. The summed E-state index contributed by atoms with van der Waals surface area (Å²) in [6, 6.07) is 19.6. The number of amides is 1. The Bertz CT molecular complexity index is 1150. The van der Waals surface area contributed by atoms with Crippen molar-refractivity contribution in [1.29, 1.82) is 0 Å². The molecular formula is C24H25ClN2O3S. The van der Waals surface area contributed by atoms with E-state index in [1.54, 1.807) is 62.4 Å². The van der Waals surface area contributed by atoms with Crippen LogP contribution in [0.5, 0.6) is 0 Å². The molecule has 3 rings (SSSR count). The van der Waals surface area contributed by atoms with Gasteiger partial charge >= 0.3 is 0 Å². The topological polar surface area (TPSA) is 66.5 Å². The Morgan fingerprint density at radius 3 is 2.10 bits per heavy atom. The third kappa shape index (κ3) is 5.73. The summed E-state index contributed by atoms with van der Waals surface area (Å²) in [4.78, 5) is 13.0. The minimum atomic E-state index is -3.94. The maximum Gasteiger partial charge on any atom is 0.244 e. The minimum absolute atomic E-state index is 0.0501.